The molecule has 2 heterocycles. The molecule has 0 bridgehead atoms. The van der Waals surface area contributed by atoms with Crippen LogP contribution in [0, 0.1) is 0 Å². The molecule has 9 heteroatoms. The van der Waals surface area contributed by atoms with Gasteiger partial charge in [0.05, 0.1) is 5.25 Å². The Labute approximate surface area is 139 Å². The van der Waals surface area contributed by atoms with Crippen molar-refractivity contribution in [1.82, 2.24) is 9.80 Å². The van der Waals surface area contributed by atoms with Crippen LogP contribution in [-0.4, -0.2) is 53.7 Å². The normalized spacial score (nSPS) is 18.5. The van der Waals surface area contributed by atoms with E-state index < -0.39 is 21.4 Å². The van der Waals surface area contributed by atoms with Crippen LogP contribution in [0.3, 0.4) is 0 Å². The number of carbonyl (C=O) groups excluding carboxylic acids is 1. The zero-order chi connectivity index (χ0) is 17.5. The van der Waals surface area contributed by atoms with E-state index in [2.05, 4.69) is 0 Å². The average Bonchev–Trinajstić information content (AvgIpc) is 2.97. The van der Waals surface area contributed by atoms with Gasteiger partial charge in [0, 0.05) is 31.7 Å². The van der Waals surface area contributed by atoms with E-state index in [1.165, 1.54) is 4.90 Å². The van der Waals surface area contributed by atoms with Gasteiger partial charge in [-0.2, -0.15) is 0 Å². The number of likely N-dealkylation sites (tertiary alicyclic amines) is 1. The first kappa shape index (κ1) is 16.7. The molecule has 0 atom stereocenters. The lowest BCUT2D eigenvalue weighted by molar-refractivity contribution is 0.0725. The first-order valence-electron chi connectivity index (χ1n) is 7.66. The lowest BCUT2D eigenvalue weighted by Crippen LogP contribution is -2.44. The molecule has 2 aliphatic heterocycles. The van der Waals surface area contributed by atoms with Gasteiger partial charge in [-0.05, 0) is 36.1 Å². The van der Waals surface area contributed by atoms with Gasteiger partial charge < -0.3 is 10.0 Å². The zero-order valence-electron chi connectivity index (χ0n) is 13.0. The van der Waals surface area contributed by atoms with Gasteiger partial charge in [-0.15, -0.1) is 0 Å². The highest BCUT2D eigenvalue weighted by Crippen LogP contribution is 2.25. The topological polar surface area (TPSA) is 121 Å². The fraction of sp³-hybridized carbons (Fsp3) is 0.467. The van der Waals surface area contributed by atoms with E-state index in [0.717, 1.165) is 11.1 Å². The van der Waals surface area contributed by atoms with Crippen LogP contribution in [0.4, 0.5) is 4.79 Å². The second kappa shape index (κ2) is 6.06. The van der Waals surface area contributed by atoms with Gasteiger partial charge in [-0.25, -0.2) is 18.4 Å². The molecular weight excluding hydrogens is 334 g/mol. The lowest BCUT2D eigenvalue weighted by Gasteiger charge is -2.31. The molecule has 1 fully saturated rings. The van der Waals surface area contributed by atoms with Crippen LogP contribution < -0.4 is 5.14 Å². The third kappa shape index (κ3) is 3.22. The van der Waals surface area contributed by atoms with Gasteiger partial charge in [0.15, 0.2) is 0 Å². The number of sulfonamides is 1. The van der Waals surface area contributed by atoms with E-state index >= 15 is 0 Å². The monoisotopic (exact) mass is 353 g/mol. The molecule has 130 valence electrons. The standard InChI is InChI=1S/C15H19N3O5S/c16-24(22,23)13-3-5-17(6-4-13)14(19)10-1-2-11-8-18(15(20)21)9-12(11)7-10/h1-2,7,13H,3-6,8-9H2,(H,20,21)(H2,16,22,23). The number of carbonyl (C=O) groups is 2. The van der Waals surface area contributed by atoms with Gasteiger partial charge in [-0.1, -0.05) is 6.07 Å². The number of nitrogens with two attached hydrogens (primary N) is 1. The minimum absolute atomic E-state index is 0.167. The van der Waals surface area contributed by atoms with E-state index in [1.54, 1.807) is 23.1 Å². The van der Waals surface area contributed by atoms with Crippen molar-refractivity contribution in [3.05, 3.63) is 34.9 Å². The maximum atomic E-state index is 12.6. The van der Waals surface area contributed by atoms with Crippen molar-refractivity contribution >= 4 is 22.0 Å². The summed E-state index contributed by atoms with van der Waals surface area (Å²) in [5.74, 6) is -0.167. The van der Waals surface area contributed by atoms with Gasteiger partial charge >= 0.3 is 6.09 Å². The number of carboxylic acid groups (broad SMARTS) is 1. The van der Waals surface area contributed by atoms with Crippen LogP contribution in [0.1, 0.15) is 34.3 Å². The zero-order valence-corrected chi connectivity index (χ0v) is 13.8. The molecule has 0 aliphatic carbocycles. The quantitative estimate of drug-likeness (QED) is 0.805. The molecule has 0 spiro atoms. The lowest BCUT2D eigenvalue weighted by atomic mass is 10.0. The number of hydrogen-bond donors (Lipinski definition) is 2. The second-order valence-electron chi connectivity index (χ2n) is 6.20. The third-order valence-corrected chi connectivity index (χ3v) is 6.04. The van der Waals surface area contributed by atoms with E-state index in [-0.39, 0.29) is 12.5 Å². The van der Waals surface area contributed by atoms with Gasteiger partial charge in [0.1, 0.15) is 0 Å². The van der Waals surface area contributed by atoms with Gasteiger partial charge in [0.2, 0.25) is 10.0 Å². The number of fused-ring (bicyclic) bond motifs is 1. The number of primary sulfonamides is 1. The second-order valence-corrected chi connectivity index (χ2v) is 8.05. The van der Waals surface area contributed by atoms with Crippen molar-refractivity contribution in [2.75, 3.05) is 13.1 Å². The minimum Gasteiger partial charge on any atom is -0.465 e. The Balaban J connectivity index is 1.70. The summed E-state index contributed by atoms with van der Waals surface area (Å²) in [4.78, 5) is 26.5. The number of rotatable bonds is 2. The number of hydrogen-bond acceptors (Lipinski definition) is 4. The Hall–Kier alpha value is -2.13. The molecule has 2 amide bonds. The highest BCUT2D eigenvalue weighted by molar-refractivity contribution is 7.89. The van der Waals surface area contributed by atoms with E-state index in [1.807, 2.05) is 0 Å². The Morgan fingerprint density at radius 2 is 1.71 bits per heavy atom. The summed E-state index contributed by atoms with van der Waals surface area (Å²) in [6.45, 7) is 1.30. The van der Waals surface area contributed by atoms with Crippen LogP contribution in [0.15, 0.2) is 18.2 Å². The summed E-state index contributed by atoms with van der Waals surface area (Å²) >= 11 is 0. The summed E-state index contributed by atoms with van der Waals surface area (Å²) in [6, 6.07) is 5.20. The van der Waals surface area contributed by atoms with Gasteiger partial charge in [0.25, 0.3) is 5.91 Å². The molecule has 1 aromatic rings. The SMILES string of the molecule is NS(=O)(=O)C1CCN(C(=O)c2ccc3c(c2)CN(C(=O)O)C3)CC1. The maximum Gasteiger partial charge on any atom is 0.407 e. The van der Waals surface area contributed by atoms with E-state index in [9.17, 15) is 18.0 Å². The summed E-state index contributed by atoms with van der Waals surface area (Å²) in [5.41, 5.74) is 2.24. The van der Waals surface area contributed by atoms with Crippen LogP contribution in [0.5, 0.6) is 0 Å². The molecule has 1 saturated heterocycles. The minimum atomic E-state index is -3.56. The Bertz CT molecular complexity index is 784. The summed E-state index contributed by atoms with van der Waals surface area (Å²) in [6.07, 6.45) is -0.311. The molecule has 2 aliphatic rings. The average molecular weight is 353 g/mol. The summed E-state index contributed by atoms with van der Waals surface area (Å²) in [7, 11) is -3.56. The molecule has 24 heavy (non-hydrogen) atoms. The molecule has 8 nitrogen and oxygen atoms in total. The van der Waals surface area contributed by atoms with Crippen molar-refractivity contribution in [2.45, 2.75) is 31.2 Å². The molecule has 0 saturated carbocycles. The molecule has 0 aromatic heterocycles. The Kier molecular flexibility index (Phi) is 4.22. The first-order chi connectivity index (χ1) is 11.3. The predicted molar refractivity (Wildman–Crippen MR) is 85.7 cm³/mol. The summed E-state index contributed by atoms with van der Waals surface area (Å²) in [5, 5.41) is 13.6. The predicted octanol–water partition coefficient (Wildman–Crippen LogP) is 0.573. The molecule has 1 aromatic carbocycles. The number of amides is 2. The highest BCUT2D eigenvalue weighted by Gasteiger charge is 2.30. The smallest absolute Gasteiger partial charge is 0.407 e. The number of benzene rings is 1. The van der Waals surface area contributed by atoms with Crippen LogP contribution in [0.25, 0.3) is 0 Å². The van der Waals surface area contributed by atoms with Gasteiger partial charge in [-0.3, -0.25) is 9.69 Å². The Morgan fingerprint density at radius 1 is 1.08 bits per heavy atom. The first-order valence-corrected chi connectivity index (χ1v) is 9.27. The third-order valence-electron chi connectivity index (χ3n) is 4.64. The van der Waals surface area contributed by atoms with E-state index in [0.29, 0.717) is 38.0 Å². The fourth-order valence-corrected chi connectivity index (χ4v) is 4.10. The number of piperidine rings is 1. The van der Waals surface area contributed by atoms with Crippen LogP contribution in [-0.2, 0) is 23.1 Å². The van der Waals surface area contributed by atoms with Crippen LogP contribution in [0.2, 0.25) is 0 Å². The van der Waals surface area contributed by atoms with Crippen molar-refractivity contribution in [1.29, 1.82) is 0 Å². The molecule has 0 unspecified atom stereocenters. The van der Waals surface area contributed by atoms with Crippen molar-refractivity contribution < 1.29 is 23.1 Å². The van der Waals surface area contributed by atoms with Crippen molar-refractivity contribution in [3.63, 3.8) is 0 Å². The largest absolute Gasteiger partial charge is 0.465 e. The molecule has 3 rings (SSSR count). The summed E-state index contributed by atoms with van der Waals surface area (Å²) < 4.78 is 22.7. The molecular formula is C15H19N3O5S. The number of nitrogens with zero attached hydrogens (tertiary/aromatic N) is 2. The highest BCUT2D eigenvalue weighted by atomic mass is 32.2. The maximum absolute atomic E-state index is 12.6. The molecule has 3 N–H and O–H groups in total. The van der Waals surface area contributed by atoms with Crippen molar-refractivity contribution in [3.8, 4) is 0 Å². The van der Waals surface area contributed by atoms with E-state index in [4.69, 9.17) is 10.2 Å². The van der Waals surface area contributed by atoms with Crippen molar-refractivity contribution in [2.24, 2.45) is 5.14 Å². The fourth-order valence-electron chi connectivity index (χ4n) is 3.23. The molecule has 0 radical (unpaired) electrons. The Morgan fingerprint density at radius 3 is 2.29 bits per heavy atom. The van der Waals surface area contributed by atoms with Crippen LogP contribution >= 0.6 is 0 Å².